The topological polar surface area (TPSA) is 64.3 Å². The molecule has 1 aliphatic carbocycles. The number of hydrogen-bond acceptors (Lipinski definition) is 3. The summed E-state index contributed by atoms with van der Waals surface area (Å²) in [7, 11) is 0. The molecule has 0 saturated heterocycles. The molecule has 118 valence electrons. The first-order chi connectivity index (χ1) is 9.70. The minimum absolute atomic E-state index is 0. The van der Waals surface area contributed by atoms with Crippen molar-refractivity contribution in [3.63, 3.8) is 0 Å². The molecule has 2 unspecified atom stereocenters. The van der Waals surface area contributed by atoms with Gasteiger partial charge in [-0.2, -0.15) is 0 Å². The van der Waals surface area contributed by atoms with Crippen molar-refractivity contribution in [3.8, 4) is 5.75 Å². The molecule has 21 heavy (non-hydrogen) atoms. The summed E-state index contributed by atoms with van der Waals surface area (Å²) in [6.07, 6.45) is 4.43. The molecule has 0 bridgehead atoms. The first kappa shape index (κ1) is 17.8. The zero-order valence-electron chi connectivity index (χ0n) is 12.5. The van der Waals surface area contributed by atoms with Crippen LogP contribution >= 0.6 is 12.4 Å². The highest BCUT2D eigenvalue weighted by molar-refractivity contribution is 5.96. The van der Waals surface area contributed by atoms with E-state index in [1.165, 1.54) is 0 Å². The number of hydrogen-bond donors (Lipinski definition) is 2. The quantitative estimate of drug-likeness (QED) is 0.878. The predicted molar refractivity (Wildman–Crippen MR) is 87.1 cm³/mol. The molecule has 0 spiro atoms. The predicted octanol–water partition coefficient (Wildman–Crippen LogP) is 2.75. The molecule has 1 aliphatic rings. The van der Waals surface area contributed by atoms with Crippen molar-refractivity contribution in [1.29, 1.82) is 0 Å². The molecule has 2 rings (SSSR count). The van der Waals surface area contributed by atoms with Crippen molar-refractivity contribution < 1.29 is 9.53 Å². The third kappa shape index (κ3) is 5.21. The van der Waals surface area contributed by atoms with Crippen LogP contribution in [0, 0.1) is 5.92 Å². The molecule has 1 saturated carbocycles. The Labute approximate surface area is 132 Å². The summed E-state index contributed by atoms with van der Waals surface area (Å²) >= 11 is 0. The normalized spacial score (nSPS) is 21.2. The van der Waals surface area contributed by atoms with Crippen LogP contribution in [0.15, 0.2) is 24.3 Å². The number of carbonyl (C=O) groups excluding carboxylic acids is 1. The minimum Gasteiger partial charge on any atom is -0.493 e. The van der Waals surface area contributed by atoms with E-state index in [9.17, 15) is 4.79 Å². The van der Waals surface area contributed by atoms with Gasteiger partial charge in [0, 0.05) is 12.6 Å². The van der Waals surface area contributed by atoms with Crippen LogP contribution in [0.5, 0.6) is 5.75 Å². The Hall–Kier alpha value is -1.26. The molecule has 0 radical (unpaired) electrons. The van der Waals surface area contributed by atoms with Gasteiger partial charge in [0.05, 0.1) is 12.2 Å². The number of rotatable bonds is 5. The fourth-order valence-corrected chi connectivity index (χ4v) is 2.79. The molecular weight excluding hydrogens is 288 g/mol. The number of halogens is 1. The van der Waals surface area contributed by atoms with Crippen molar-refractivity contribution in [2.24, 2.45) is 11.7 Å². The Morgan fingerprint density at radius 2 is 2.14 bits per heavy atom. The number of nitrogens with one attached hydrogen (secondary N) is 1. The molecule has 1 aromatic carbocycles. The van der Waals surface area contributed by atoms with Gasteiger partial charge < -0.3 is 15.8 Å². The summed E-state index contributed by atoms with van der Waals surface area (Å²) in [4.78, 5) is 12.2. The SMILES string of the molecule is CCOc1ccccc1C(=O)NCC1CCCC(N)C1.Cl. The molecule has 0 heterocycles. The van der Waals surface area contributed by atoms with Crippen LogP contribution in [0.3, 0.4) is 0 Å². The first-order valence-corrected chi connectivity index (χ1v) is 7.46. The molecule has 2 atom stereocenters. The van der Waals surface area contributed by atoms with Crippen LogP contribution in [-0.4, -0.2) is 25.1 Å². The van der Waals surface area contributed by atoms with Crippen LogP contribution in [0.25, 0.3) is 0 Å². The molecular formula is C16H25ClN2O2. The van der Waals surface area contributed by atoms with E-state index in [0.717, 1.165) is 25.7 Å². The number of benzene rings is 1. The van der Waals surface area contributed by atoms with Crippen LogP contribution in [0.4, 0.5) is 0 Å². The summed E-state index contributed by atoms with van der Waals surface area (Å²) in [6.45, 7) is 3.17. The van der Waals surface area contributed by atoms with Crippen LogP contribution in [0.2, 0.25) is 0 Å². The monoisotopic (exact) mass is 312 g/mol. The Balaban J connectivity index is 0.00000220. The fourth-order valence-electron chi connectivity index (χ4n) is 2.79. The molecule has 0 aromatic heterocycles. The van der Waals surface area contributed by atoms with E-state index in [2.05, 4.69) is 5.32 Å². The van der Waals surface area contributed by atoms with Gasteiger partial charge in [0.2, 0.25) is 0 Å². The van der Waals surface area contributed by atoms with E-state index in [4.69, 9.17) is 10.5 Å². The van der Waals surface area contributed by atoms with Crippen LogP contribution < -0.4 is 15.8 Å². The molecule has 4 nitrogen and oxygen atoms in total. The van der Waals surface area contributed by atoms with Gasteiger partial charge >= 0.3 is 0 Å². The number of para-hydroxylation sites is 1. The van der Waals surface area contributed by atoms with E-state index in [1.54, 1.807) is 6.07 Å². The molecule has 1 amide bonds. The molecule has 3 N–H and O–H groups in total. The highest BCUT2D eigenvalue weighted by Crippen LogP contribution is 2.23. The molecule has 5 heteroatoms. The third-order valence-corrected chi connectivity index (χ3v) is 3.81. The maximum Gasteiger partial charge on any atom is 0.255 e. The fraction of sp³-hybridized carbons (Fsp3) is 0.562. The Morgan fingerprint density at radius 3 is 2.86 bits per heavy atom. The Bertz CT molecular complexity index is 454. The highest BCUT2D eigenvalue weighted by Gasteiger charge is 2.20. The van der Waals surface area contributed by atoms with E-state index in [1.807, 2.05) is 25.1 Å². The van der Waals surface area contributed by atoms with Gasteiger partial charge in [0.25, 0.3) is 5.91 Å². The summed E-state index contributed by atoms with van der Waals surface area (Å²) in [6, 6.07) is 7.65. The van der Waals surface area contributed by atoms with Crippen molar-refractivity contribution in [3.05, 3.63) is 29.8 Å². The molecule has 1 aromatic rings. The zero-order chi connectivity index (χ0) is 14.4. The average Bonchev–Trinajstić information content (AvgIpc) is 2.46. The second-order valence-corrected chi connectivity index (χ2v) is 5.43. The summed E-state index contributed by atoms with van der Waals surface area (Å²) < 4.78 is 5.49. The van der Waals surface area contributed by atoms with Gasteiger partial charge in [-0.15, -0.1) is 12.4 Å². The van der Waals surface area contributed by atoms with Gasteiger partial charge in [-0.1, -0.05) is 18.6 Å². The van der Waals surface area contributed by atoms with Crippen molar-refractivity contribution in [1.82, 2.24) is 5.32 Å². The lowest BCUT2D eigenvalue weighted by Crippen LogP contribution is -2.35. The number of ether oxygens (including phenoxy) is 1. The maximum absolute atomic E-state index is 12.2. The zero-order valence-corrected chi connectivity index (χ0v) is 13.3. The number of nitrogens with two attached hydrogens (primary N) is 1. The summed E-state index contributed by atoms with van der Waals surface area (Å²) in [5.74, 6) is 1.09. The van der Waals surface area contributed by atoms with Gasteiger partial charge in [-0.25, -0.2) is 0 Å². The smallest absolute Gasteiger partial charge is 0.255 e. The van der Waals surface area contributed by atoms with E-state index in [0.29, 0.717) is 36.4 Å². The largest absolute Gasteiger partial charge is 0.493 e. The lowest BCUT2D eigenvalue weighted by atomic mass is 9.86. The number of amides is 1. The van der Waals surface area contributed by atoms with Crippen molar-refractivity contribution in [2.75, 3.05) is 13.2 Å². The second kappa shape index (κ2) is 8.90. The lowest BCUT2D eigenvalue weighted by molar-refractivity contribution is 0.0938. The summed E-state index contributed by atoms with van der Waals surface area (Å²) in [5.41, 5.74) is 6.58. The first-order valence-electron chi connectivity index (χ1n) is 7.46. The van der Waals surface area contributed by atoms with E-state index < -0.39 is 0 Å². The van der Waals surface area contributed by atoms with Gasteiger partial charge in [0.1, 0.15) is 5.75 Å². The lowest BCUT2D eigenvalue weighted by Gasteiger charge is -2.26. The minimum atomic E-state index is -0.0619. The Morgan fingerprint density at radius 1 is 1.38 bits per heavy atom. The highest BCUT2D eigenvalue weighted by atomic mass is 35.5. The number of carbonyl (C=O) groups is 1. The standard InChI is InChI=1S/C16H24N2O2.ClH/c1-2-20-15-9-4-3-8-14(15)16(19)18-11-12-6-5-7-13(17)10-12;/h3-4,8-9,12-13H,2,5-7,10-11,17H2,1H3,(H,18,19);1H. The average molecular weight is 313 g/mol. The van der Waals surface area contributed by atoms with E-state index in [-0.39, 0.29) is 18.3 Å². The van der Waals surface area contributed by atoms with Gasteiger partial charge in [0.15, 0.2) is 0 Å². The molecule has 0 aliphatic heterocycles. The second-order valence-electron chi connectivity index (χ2n) is 5.43. The van der Waals surface area contributed by atoms with E-state index >= 15 is 0 Å². The maximum atomic E-state index is 12.2. The van der Waals surface area contributed by atoms with Crippen molar-refractivity contribution >= 4 is 18.3 Å². The van der Waals surface area contributed by atoms with Gasteiger partial charge in [-0.05, 0) is 44.2 Å². The van der Waals surface area contributed by atoms with Crippen molar-refractivity contribution in [2.45, 2.75) is 38.6 Å². The Kier molecular flexibility index (Phi) is 7.54. The van der Waals surface area contributed by atoms with Gasteiger partial charge in [-0.3, -0.25) is 4.79 Å². The molecule has 1 fully saturated rings. The van der Waals surface area contributed by atoms with Crippen LogP contribution in [0.1, 0.15) is 43.0 Å². The summed E-state index contributed by atoms with van der Waals surface area (Å²) in [5, 5.41) is 3.01. The van der Waals surface area contributed by atoms with Crippen LogP contribution in [-0.2, 0) is 0 Å². The third-order valence-electron chi connectivity index (χ3n) is 3.81.